The van der Waals surface area contributed by atoms with Crippen LogP contribution < -0.4 is 4.57 Å². The van der Waals surface area contributed by atoms with Gasteiger partial charge in [0.2, 0.25) is 11.9 Å². The van der Waals surface area contributed by atoms with E-state index in [2.05, 4.69) is 4.99 Å². The number of imide groups is 1. The Hall–Kier alpha value is -2.26. The summed E-state index contributed by atoms with van der Waals surface area (Å²) in [5, 5.41) is 0. The normalized spacial score (nSPS) is 19.1. The van der Waals surface area contributed by atoms with E-state index in [0.29, 0.717) is 44.8 Å². The van der Waals surface area contributed by atoms with E-state index in [1.165, 1.54) is 9.80 Å². The van der Waals surface area contributed by atoms with Gasteiger partial charge in [0.15, 0.2) is 0 Å². The van der Waals surface area contributed by atoms with Crippen LogP contribution in [0, 0.1) is 6.92 Å². The average Bonchev–Trinajstić information content (AvgIpc) is 3.12. The maximum Gasteiger partial charge on any atom is 0.402 e. The van der Waals surface area contributed by atoms with Crippen molar-refractivity contribution in [2.24, 2.45) is 4.99 Å². The summed E-state index contributed by atoms with van der Waals surface area (Å²) in [6.45, 7) is 8.77. The molecule has 1 aromatic heterocycles. The van der Waals surface area contributed by atoms with Crippen LogP contribution in [0.2, 0.25) is 0 Å². The topological polar surface area (TPSA) is 80.2 Å². The second-order valence-electron chi connectivity index (χ2n) is 6.23. The minimum atomic E-state index is -0.610. The molecule has 3 heterocycles. The van der Waals surface area contributed by atoms with Gasteiger partial charge in [0, 0.05) is 20.3 Å². The smallest absolute Gasteiger partial charge is 0.380 e. The predicted molar refractivity (Wildman–Crippen MR) is 93.4 cm³/mol. The molecule has 3 rings (SSSR count). The Balaban J connectivity index is 1.89. The van der Waals surface area contributed by atoms with Crippen molar-refractivity contribution in [1.82, 2.24) is 14.4 Å². The Kier molecular flexibility index (Phi) is 5.38. The van der Waals surface area contributed by atoms with E-state index in [0.717, 1.165) is 5.69 Å². The van der Waals surface area contributed by atoms with Crippen LogP contribution in [0.25, 0.3) is 0 Å². The fraction of sp³-hybridized carbons (Fsp3) is 0.647. The van der Waals surface area contributed by atoms with Gasteiger partial charge in [-0.25, -0.2) is 13.9 Å². The number of aromatic nitrogens is 2. The number of amides is 3. The number of carbonyl (C=O) groups is 2. The Labute approximate surface area is 152 Å². The van der Waals surface area contributed by atoms with Crippen molar-refractivity contribution in [3.05, 3.63) is 11.9 Å². The second kappa shape index (κ2) is 7.55. The first-order valence-corrected chi connectivity index (χ1v) is 8.95. The largest absolute Gasteiger partial charge is 0.402 e. The Bertz CT molecular complexity index is 742. The Morgan fingerprint density at radius 3 is 2.46 bits per heavy atom. The van der Waals surface area contributed by atoms with Crippen molar-refractivity contribution in [1.29, 1.82) is 0 Å². The molecule has 9 nitrogen and oxygen atoms in total. The van der Waals surface area contributed by atoms with Gasteiger partial charge in [-0.2, -0.15) is 0 Å². The van der Waals surface area contributed by atoms with Gasteiger partial charge in [-0.05, 0) is 20.8 Å². The van der Waals surface area contributed by atoms with Crippen molar-refractivity contribution >= 4 is 23.7 Å². The molecule has 9 heteroatoms. The van der Waals surface area contributed by atoms with Crippen molar-refractivity contribution < 1.29 is 23.6 Å². The van der Waals surface area contributed by atoms with Gasteiger partial charge in [-0.15, -0.1) is 0 Å². The lowest BCUT2D eigenvalue weighted by molar-refractivity contribution is -0.677. The average molecular weight is 364 g/mol. The number of nitrogens with zero attached hydrogens (tertiary/aromatic N) is 5. The molecule has 3 amide bonds. The molecule has 0 saturated carbocycles. The highest BCUT2D eigenvalue weighted by Crippen LogP contribution is 2.28. The molecule has 0 aromatic carbocycles. The van der Waals surface area contributed by atoms with Crippen molar-refractivity contribution in [2.75, 3.05) is 40.0 Å². The zero-order valence-electron chi connectivity index (χ0n) is 15.8. The molecule has 1 aromatic rings. The van der Waals surface area contributed by atoms with Gasteiger partial charge in [0.1, 0.15) is 11.9 Å². The fourth-order valence-electron chi connectivity index (χ4n) is 3.31. The number of ether oxygens (including phenoxy) is 2. The molecule has 0 spiro atoms. The zero-order valence-corrected chi connectivity index (χ0v) is 15.8. The third-order valence-electron chi connectivity index (χ3n) is 4.65. The number of hydrogen-bond acceptors (Lipinski definition) is 5. The van der Waals surface area contributed by atoms with E-state index in [-0.39, 0.29) is 18.5 Å². The van der Waals surface area contributed by atoms with Crippen LogP contribution in [0.3, 0.4) is 0 Å². The van der Waals surface area contributed by atoms with Gasteiger partial charge in [-0.3, -0.25) is 14.6 Å². The highest BCUT2D eigenvalue weighted by molar-refractivity contribution is 6.19. The molecule has 26 heavy (non-hydrogen) atoms. The van der Waals surface area contributed by atoms with Crippen molar-refractivity contribution in [3.8, 4) is 0 Å². The third kappa shape index (κ3) is 3.01. The molecule has 0 bridgehead atoms. The van der Waals surface area contributed by atoms with E-state index >= 15 is 0 Å². The molecule has 0 aliphatic carbocycles. The standard InChI is InChI=1S/C17H26N5O4/c1-5-25-9-7-20-12(3)11-22-13-14(18-16(20)22)19(4)17(24)21(15(13)23)8-10-26-6-2/h11,13H,5-10H2,1-4H3/q+1. The SMILES string of the molecule is CCOCCN1C(=O)C2C(=Nc3n(CCOCC)c(C)c[n+]32)N(C)C1=O. The van der Waals surface area contributed by atoms with E-state index in [1.807, 2.05) is 36.1 Å². The lowest BCUT2D eigenvalue weighted by Gasteiger charge is -2.32. The number of fused-ring (bicyclic) bond motifs is 3. The number of urea groups is 1. The van der Waals surface area contributed by atoms with E-state index in [9.17, 15) is 9.59 Å². The minimum absolute atomic E-state index is 0.236. The number of imidazole rings is 1. The van der Waals surface area contributed by atoms with Crippen LogP contribution >= 0.6 is 0 Å². The summed E-state index contributed by atoms with van der Waals surface area (Å²) >= 11 is 0. The fourth-order valence-corrected chi connectivity index (χ4v) is 3.31. The van der Waals surface area contributed by atoms with Crippen molar-refractivity contribution in [2.45, 2.75) is 33.4 Å². The number of likely N-dealkylation sites (N-methyl/N-ethyl adjacent to an activating group) is 1. The van der Waals surface area contributed by atoms with Crippen LogP contribution in [0.5, 0.6) is 0 Å². The zero-order chi connectivity index (χ0) is 18.8. The lowest BCUT2D eigenvalue weighted by Crippen LogP contribution is -2.63. The molecule has 1 unspecified atom stereocenters. The van der Waals surface area contributed by atoms with Gasteiger partial charge in [0.25, 0.3) is 5.91 Å². The number of hydrogen-bond donors (Lipinski definition) is 0. The first-order valence-electron chi connectivity index (χ1n) is 8.95. The first-order chi connectivity index (χ1) is 12.5. The molecular formula is C17H26N5O4+. The van der Waals surface area contributed by atoms with E-state index in [4.69, 9.17) is 9.47 Å². The molecular weight excluding hydrogens is 338 g/mol. The Morgan fingerprint density at radius 1 is 1.15 bits per heavy atom. The molecule has 2 aliphatic rings. The maximum absolute atomic E-state index is 13.0. The summed E-state index contributed by atoms with van der Waals surface area (Å²) in [5.41, 5.74) is 0.996. The summed E-state index contributed by atoms with van der Waals surface area (Å²) in [7, 11) is 1.65. The van der Waals surface area contributed by atoms with E-state index in [1.54, 1.807) is 7.05 Å². The maximum atomic E-state index is 13.0. The molecule has 1 fully saturated rings. The van der Waals surface area contributed by atoms with Crippen molar-refractivity contribution in [3.63, 3.8) is 0 Å². The number of carbonyl (C=O) groups excluding carboxylic acids is 2. The summed E-state index contributed by atoms with van der Waals surface area (Å²) in [4.78, 5) is 32.9. The predicted octanol–water partition coefficient (Wildman–Crippen LogP) is 0.636. The van der Waals surface area contributed by atoms with Gasteiger partial charge in [0.05, 0.1) is 26.3 Å². The monoisotopic (exact) mass is 364 g/mol. The summed E-state index contributed by atoms with van der Waals surface area (Å²) in [6.07, 6.45) is 1.91. The molecule has 142 valence electrons. The summed E-state index contributed by atoms with van der Waals surface area (Å²) in [5.74, 6) is 0.868. The van der Waals surface area contributed by atoms with Crippen LogP contribution in [-0.2, 0) is 20.8 Å². The number of amidine groups is 1. The molecule has 2 aliphatic heterocycles. The number of aliphatic imine (C=N–C) groups is 1. The van der Waals surface area contributed by atoms with Crippen LogP contribution in [-0.4, -0.2) is 72.2 Å². The molecule has 0 N–H and O–H groups in total. The van der Waals surface area contributed by atoms with Gasteiger partial charge >= 0.3 is 12.0 Å². The third-order valence-corrected chi connectivity index (χ3v) is 4.65. The Morgan fingerprint density at radius 2 is 1.81 bits per heavy atom. The first kappa shape index (κ1) is 18.5. The highest BCUT2D eigenvalue weighted by atomic mass is 16.5. The van der Waals surface area contributed by atoms with Crippen LogP contribution in [0.4, 0.5) is 10.7 Å². The lowest BCUT2D eigenvalue weighted by atomic mass is 10.1. The quantitative estimate of drug-likeness (QED) is 0.501. The van der Waals surface area contributed by atoms with Crippen LogP contribution in [0.1, 0.15) is 25.6 Å². The van der Waals surface area contributed by atoms with Gasteiger partial charge < -0.3 is 9.47 Å². The second-order valence-corrected chi connectivity index (χ2v) is 6.23. The number of rotatable bonds is 8. The van der Waals surface area contributed by atoms with E-state index < -0.39 is 6.04 Å². The molecule has 1 saturated heterocycles. The number of aryl methyl sites for hydroxylation is 1. The summed E-state index contributed by atoms with van der Waals surface area (Å²) in [6, 6.07) is -0.977. The van der Waals surface area contributed by atoms with Crippen LogP contribution in [0.15, 0.2) is 11.2 Å². The summed E-state index contributed by atoms with van der Waals surface area (Å²) < 4.78 is 14.6. The minimum Gasteiger partial charge on any atom is -0.380 e. The molecule has 1 atom stereocenters. The molecule has 0 radical (unpaired) electrons. The highest BCUT2D eigenvalue weighted by Gasteiger charge is 2.52. The van der Waals surface area contributed by atoms with Gasteiger partial charge in [-0.1, -0.05) is 4.99 Å².